The van der Waals surface area contributed by atoms with Gasteiger partial charge in [-0.05, 0) is 23.1 Å². The number of aliphatic hydroxyl groups is 1. The first kappa shape index (κ1) is 14.0. The van der Waals surface area contributed by atoms with E-state index in [1.54, 1.807) is 0 Å². The van der Waals surface area contributed by atoms with Gasteiger partial charge in [-0.2, -0.15) is 0 Å². The molecule has 0 aliphatic rings. The van der Waals surface area contributed by atoms with Crippen molar-refractivity contribution in [1.82, 2.24) is 4.98 Å². The predicted octanol–water partition coefficient (Wildman–Crippen LogP) is 2.61. The van der Waals surface area contributed by atoms with E-state index >= 15 is 0 Å². The maximum atomic E-state index is 9.31. The molecule has 0 saturated heterocycles. The van der Waals surface area contributed by atoms with Crippen molar-refractivity contribution in [1.29, 1.82) is 0 Å². The summed E-state index contributed by atoms with van der Waals surface area (Å²) in [5.74, 6) is 0. The summed E-state index contributed by atoms with van der Waals surface area (Å²) >= 11 is 0. The van der Waals surface area contributed by atoms with Crippen molar-refractivity contribution in [2.45, 2.75) is 19.9 Å². The second-order valence-electron chi connectivity index (χ2n) is 4.95. The van der Waals surface area contributed by atoms with E-state index in [0.29, 0.717) is 0 Å². The minimum atomic E-state index is -0.305. The maximum Gasteiger partial charge on any atom is 0.0500 e. The maximum absolute atomic E-state index is 9.31. The van der Waals surface area contributed by atoms with Crippen LogP contribution in [0.25, 0.3) is 10.9 Å². The van der Waals surface area contributed by atoms with E-state index in [4.69, 9.17) is 5.73 Å². The number of nitrogens with two attached hydrogens (primary N) is 1. The zero-order valence-electron chi connectivity index (χ0n) is 10.1. The molecule has 0 aliphatic carbocycles. The third-order valence-electron chi connectivity index (χ3n) is 3.19. The highest BCUT2D eigenvalue weighted by Crippen LogP contribution is 2.31. The van der Waals surface area contributed by atoms with Gasteiger partial charge in [0.25, 0.3) is 0 Å². The fourth-order valence-corrected chi connectivity index (χ4v) is 1.81. The smallest absolute Gasteiger partial charge is 0.0500 e. The summed E-state index contributed by atoms with van der Waals surface area (Å²) in [6.07, 6.45) is 1.91. The van der Waals surface area contributed by atoms with Crippen LogP contribution in [-0.2, 0) is 0 Å². The number of aliphatic hydroxyl groups excluding tert-OH is 1. The fraction of sp³-hybridized carbons (Fsp3) is 0.385. The van der Waals surface area contributed by atoms with E-state index in [0.717, 1.165) is 11.1 Å². The normalized spacial score (nSPS) is 13.4. The summed E-state index contributed by atoms with van der Waals surface area (Å²) in [4.78, 5) is 3.17. The third kappa shape index (κ3) is 2.63. The van der Waals surface area contributed by atoms with Gasteiger partial charge in [0, 0.05) is 29.8 Å². The van der Waals surface area contributed by atoms with E-state index in [1.165, 1.54) is 5.39 Å². The molecule has 2 aromatic rings. The van der Waals surface area contributed by atoms with Gasteiger partial charge >= 0.3 is 0 Å². The van der Waals surface area contributed by atoms with Gasteiger partial charge in [-0.1, -0.05) is 26.0 Å². The zero-order valence-corrected chi connectivity index (χ0v) is 10.9. The van der Waals surface area contributed by atoms with Gasteiger partial charge in [-0.15, -0.1) is 12.4 Å². The Bertz CT molecular complexity index is 493. The predicted molar refractivity (Wildman–Crippen MR) is 73.3 cm³/mol. The van der Waals surface area contributed by atoms with E-state index in [9.17, 15) is 5.11 Å². The zero-order chi connectivity index (χ0) is 11.8. The molecule has 0 radical (unpaired) electrons. The quantitative estimate of drug-likeness (QED) is 0.789. The van der Waals surface area contributed by atoms with Crippen molar-refractivity contribution in [3.63, 3.8) is 0 Å². The average molecular weight is 255 g/mol. The first-order valence-electron chi connectivity index (χ1n) is 5.48. The van der Waals surface area contributed by atoms with Gasteiger partial charge in [-0.25, -0.2) is 0 Å². The van der Waals surface area contributed by atoms with Crippen molar-refractivity contribution >= 4 is 23.3 Å². The summed E-state index contributed by atoms with van der Waals surface area (Å²) in [6.45, 7) is 4.02. The Morgan fingerprint density at radius 3 is 2.71 bits per heavy atom. The molecule has 0 spiro atoms. The molecule has 0 unspecified atom stereocenters. The molecule has 94 valence electrons. The Morgan fingerprint density at radius 2 is 2.06 bits per heavy atom. The number of benzene rings is 1. The summed E-state index contributed by atoms with van der Waals surface area (Å²) in [7, 11) is 0. The van der Waals surface area contributed by atoms with E-state index in [-0.39, 0.29) is 30.5 Å². The van der Waals surface area contributed by atoms with Crippen LogP contribution in [-0.4, -0.2) is 16.7 Å². The van der Waals surface area contributed by atoms with Crippen molar-refractivity contribution in [2.24, 2.45) is 11.1 Å². The standard InChI is InChI=1S/C13H18N2O.ClH/c1-13(2,8-16)12(14)10-4-3-9-5-6-15-11(9)7-10;/h3-7,12,15-16H,8,14H2,1-2H3;1H/t12-;/m1./s1. The van der Waals surface area contributed by atoms with E-state index in [2.05, 4.69) is 17.1 Å². The minimum Gasteiger partial charge on any atom is -0.396 e. The second kappa shape index (κ2) is 5.08. The molecule has 3 nitrogen and oxygen atoms in total. The average Bonchev–Trinajstić information content (AvgIpc) is 2.74. The third-order valence-corrected chi connectivity index (χ3v) is 3.19. The number of hydrogen-bond acceptors (Lipinski definition) is 2. The topological polar surface area (TPSA) is 62.0 Å². The molecule has 0 fully saturated rings. The van der Waals surface area contributed by atoms with Crippen LogP contribution in [0.3, 0.4) is 0 Å². The molecule has 4 heteroatoms. The van der Waals surface area contributed by atoms with Gasteiger partial charge in [0.1, 0.15) is 0 Å². The highest BCUT2D eigenvalue weighted by Gasteiger charge is 2.26. The Labute approximate surface area is 107 Å². The molecule has 2 rings (SSSR count). The largest absolute Gasteiger partial charge is 0.396 e. The van der Waals surface area contributed by atoms with Crippen LogP contribution >= 0.6 is 12.4 Å². The Balaban J connectivity index is 0.00000144. The monoisotopic (exact) mass is 254 g/mol. The van der Waals surface area contributed by atoms with Crippen LogP contribution < -0.4 is 5.73 Å². The van der Waals surface area contributed by atoms with Crippen molar-refractivity contribution in [2.75, 3.05) is 6.61 Å². The fourth-order valence-electron chi connectivity index (χ4n) is 1.81. The van der Waals surface area contributed by atoms with Crippen molar-refractivity contribution in [3.8, 4) is 0 Å². The molecule has 1 aromatic carbocycles. The minimum absolute atomic E-state index is 0. The second-order valence-corrected chi connectivity index (χ2v) is 4.95. The molecule has 0 bridgehead atoms. The van der Waals surface area contributed by atoms with Gasteiger partial charge < -0.3 is 15.8 Å². The van der Waals surface area contributed by atoms with E-state index in [1.807, 2.05) is 32.2 Å². The molecular formula is C13H19ClN2O. The number of nitrogens with one attached hydrogen (secondary N) is 1. The molecule has 17 heavy (non-hydrogen) atoms. The molecule has 1 aromatic heterocycles. The number of aromatic nitrogens is 1. The highest BCUT2D eigenvalue weighted by molar-refractivity contribution is 5.85. The molecule has 0 amide bonds. The Kier molecular flexibility index (Phi) is 4.20. The number of rotatable bonds is 3. The van der Waals surface area contributed by atoms with Crippen LogP contribution in [0.15, 0.2) is 30.5 Å². The van der Waals surface area contributed by atoms with Crippen LogP contribution in [0.2, 0.25) is 0 Å². The summed E-state index contributed by atoms with van der Waals surface area (Å²) in [5.41, 5.74) is 8.00. The number of hydrogen-bond donors (Lipinski definition) is 3. The van der Waals surface area contributed by atoms with Crippen LogP contribution in [0.5, 0.6) is 0 Å². The van der Waals surface area contributed by atoms with Crippen molar-refractivity contribution < 1.29 is 5.11 Å². The lowest BCUT2D eigenvalue weighted by molar-refractivity contribution is 0.132. The number of H-pyrrole nitrogens is 1. The lowest BCUT2D eigenvalue weighted by Crippen LogP contribution is -2.32. The van der Waals surface area contributed by atoms with Gasteiger partial charge in [0.05, 0.1) is 0 Å². The molecule has 0 saturated carbocycles. The van der Waals surface area contributed by atoms with Crippen molar-refractivity contribution in [3.05, 3.63) is 36.0 Å². The molecular weight excluding hydrogens is 236 g/mol. The highest BCUT2D eigenvalue weighted by atomic mass is 35.5. The SMILES string of the molecule is CC(C)(CO)[C@H](N)c1ccc2cc[nH]c2c1.Cl. The Hall–Kier alpha value is -1.03. The lowest BCUT2D eigenvalue weighted by Gasteiger charge is -2.29. The molecule has 4 N–H and O–H groups in total. The van der Waals surface area contributed by atoms with Gasteiger partial charge in [0.2, 0.25) is 0 Å². The summed E-state index contributed by atoms with van der Waals surface area (Å²) in [5, 5.41) is 10.5. The van der Waals surface area contributed by atoms with Crippen LogP contribution in [0, 0.1) is 5.41 Å². The molecule has 0 aliphatic heterocycles. The summed E-state index contributed by atoms with van der Waals surface area (Å²) < 4.78 is 0. The molecule has 1 atom stereocenters. The molecule has 1 heterocycles. The van der Waals surface area contributed by atoms with E-state index < -0.39 is 0 Å². The number of halogens is 1. The number of fused-ring (bicyclic) bond motifs is 1. The lowest BCUT2D eigenvalue weighted by atomic mass is 9.82. The van der Waals surface area contributed by atoms with Gasteiger partial charge in [-0.3, -0.25) is 0 Å². The van der Waals surface area contributed by atoms with Crippen LogP contribution in [0.1, 0.15) is 25.5 Å². The first-order chi connectivity index (χ1) is 7.54. The first-order valence-corrected chi connectivity index (χ1v) is 5.48. The van der Waals surface area contributed by atoms with Gasteiger partial charge in [0.15, 0.2) is 0 Å². The Morgan fingerprint density at radius 1 is 1.35 bits per heavy atom. The summed E-state index contributed by atoms with van der Waals surface area (Å²) in [6, 6.07) is 8.00. The number of aromatic amines is 1. The van der Waals surface area contributed by atoms with Crippen LogP contribution in [0.4, 0.5) is 0 Å².